The Morgan fingerprint density at radius 2 is 2.18 bits per heavy atom. The highest BCUT2D eigenvalue weighted by atomic mass is 15.0. The number of hydrogen-bond donors (Lipinski definition) is 1. The Bertz CT molecular complexity index is 406. The minimum atomic E-state index is 0.339. The van der Waals surface area contributed by atoms with E-state index < -0.39 is 0 Å². The summed E-state index contributed by atoms with van der Waals surface area (Å²) >= 11 is 0. The number of nitriles is 1. The zero-order valence-corrected chi connectivity index (χ0v) is 11.1. The summed E-state index contributed by atoms with van der Waals surface area (Å²) in [6.45, 7) is 8.51. The maximum Gasteiger partial charge on any atom is 0.144 e. The Kier molecular flexibility index (Phi) is 4.96. The van der Waals surface area contributed by atoms with Gasteiger partial charge in [0, 0.05) is 12.2 Å². The molecule has 0 aliphatic heterocycles. The third-order valence-electron chi connectivity index (χ3n) is 3.11. The first kappa shape index (κ1) is 13.5. The van der Waals surface area contributed by atoms with Crippen LogP contribution in [0.15, 0.2) is 12.3 Å². The van der Waals surface area contributed by atoms with Crippen molar-refractivity contribution in [2.24, 2.45) is 5.92 Å². The Labute approximate surface area is 104 Å². The number of anilines is 1. The van der Waals surface area contributed by atoms with Gasteiger partial charge in [0.15, 0.2) is 0 Å². The van der Waals surface area contributed by atoms with Crippen LogP contribution in [0.4, 0.5) is 5.82 Å². The van der Waals surface area contributed by atoms with Crippen LogP contribution in [-0.2, 0) is 0 Å². The zero-order valence-electron chi connectivity index (χ0n) is 11.1. The fourth-order valence-corrected chi connectivity index (χ4v) is 1.87. The van der Waals surface area contributed by atoms with Crippen LogP contribution < -0.4 is 5.32 Å². The molecule has 0 saturated heterocycles. The van der Waals surface area contributed by atoms with Crippen LogP contribution in [0.5, 0.6) is 0 Å². The predicted octanol–water partition coefficient (Wildman–Crippen LogP) is 3.50. The number of pyridine rings is 1. The normalized spacial score (nSPS) is 13.8. The van der Waals surface area contributed by atoms with Crippen molar-refractivity contribution in [3.8, 4) is 6.07 Å². The molecule has 1 heterocycles. The Balaban J connectivity index is 2.75. The van der Waals surface area contributed by atoms with E-state index in [1.807, 2.05) is 13.0 Å². The number of aromatic nitrogens is 1. The molecule has 0 spiro atoms. The van der Waals surface area contributed by atoms with E-state index in [2.05, 4.69) is 37.1 Å². The van der Waals surface area contributed by atoms with E-state index in [0.717, 1.165) is 12.0 Å². The molecule has 0 saturated carbocycles. The molecule has 0 aliphatic rings. The van der Waals surface area contributed by atoms with E-state index in [9.17, 15) is 0 Å². The first-order valence-electron chi connectivity index (χ1n) is 6.20. The van der Waals surface area contributed by atoms with E-state index >= 15 is 0 Å². The van der Waals surface area contributed by atoms with E-state index in [-0.39, 0.29) is 0 Å². The highest BCUT2D eigenvalue weighted by Gasteiger charge is 2.11. The van der Waals surface area contributed by atoms with Gasteiger partial charge in [-0.15, -0.1) is 0 Å². The molecule has 0 fully saturated rings. The molecule has 92 valence electrons. The topological polar surface area (TPSA) is 48.7 Å². The van der Waals surface area contributed by atoms with Crippen molar-refractivity contribution in [1.29, 1.82) is 5.26 Å². The molecule has 1 rings (SSSR count). The van der Waals surface area contributed by atoms with Crippen LogP contribution in [0.25, 0.3) is 0 Å². The maximum absolute atomic E-state index is 9.11. The fraction of sp³-hybridized carbons (Fsp3) is 0.571. The number of hydrogen-bond acceptors (Lipinski definition) is 3. The molecule has 0 aliphatic carbocycles. The van der Waals surface area contributed by atoms with Gasteiger partial charge in [-0.3, -0.25) is 0 Å². The van der Waals surface area contributed by atoms with Crippen molar-refractivity contribution in [2.45, 2.75) is 46.6 Å². The zero-order chi connectivity index (χ0) is 12.8. The van der Waals surface area contributed by atoms with Gasteiger partial charge in [-0.1, -0.05) is 20.3 Å². The van der Waals surface area contributed by atoms with Crippen molar-refractivity contribution in [2.75, 3.05) is 5.32 Å². The van der Waals surface area contributed by atoms with Gasteiger partial charge in [0.1, 0.15) is 11.9 Å². The number of nitrogens with one attached hydrogen (secondary N) is 1. The van der Waals surface area contributed by atoms with Crippen LogP contribution >= 0.6 is 0 Å². The number of rotatable bonds is 5. The van der Waals surface area contributed by atoms with Crippen molar-refractivity contribution < 1.29 is 0 Å². The number of nitrogens with zero attached hydrogens (tertiary/aromatic N) is 2. The smallest absolute Gasteiger partial charge is 0.144 e. The van der Waals surface area contributed by atoms with E-state index in [4.69, 9.17) is 5.26 Å². The first-order valence-corrected chi connectivity index (χ1v) is 6.20. The van der Waals surface area contributed by atoms with Gasteiger partial charge >= 0.3 is 0 Å². The standard InChI is InChI=1S/C14H21N3/c1-5-10(2)8-12(4)17-14-13(9-15)11(3)6-7-16-14/h6-7,10,12H,5,8H2,1-4H3,(H,16,17). The summed E-state index contributed by atoms with van der Waals surface area (Å²) in [7, 11) is 0. The van der Waals surface area contributed by atoms with Crippen LogP contribution in [0, 0.1) is 24.2 Å². The molecule has 0 bridgehead atoms. The molecule has 0 amide bonds. The lowest BCUT2D eigenvalue weighted by Crippen LogP contribution is -2.19. The maximum atomic E-state index is 9.11. The summed E-state index contributed by atoms with van der Waals surface area (Å²) < 4.78 is 0. The second kappa shape index (κ2) is 6.24. The van der Waals surface area contributed by atoms with Gasteiger partial charge in [0.2, 0.25) is 0 Å². The van der Waals surface area contributed by atoms with Crippen molar-refractivity contribution in [3.63, 3.8) is 0 Å². The van der Waals surface area contributed by atoms with Crippen molar-refractivity contribution in [3.05, 3.63) is 23.4 Å². The van der Waals surface area contributed by atoms with Crippen LogP contribution in [0.1, 0.15) is 44.7 Å². The second-order valence-electron chi connectivity index (χ2n) is 4.76. The Hall–Kier alpha value is -1.56. The molecular weight excluding hydrogens is 210 g/mol. The van der Waals surface area contributed by atoms with Gasteiger partial charge in [0.05, 0.1) is 5.56 Å². The number of aryl methyl sites for hydroxylation is 1. The highest BCUT2D eigenvalue weighted by molar-refractivity contribution is 5.55. The second-order valence-corrected chi connectivity index (χ2v) is 4.76. The van der Waals surface area contributed by atoms with Gasteiger partial charge in [-0.25, -0.2) is 4.98 Å². The van der Waals surface area contributed by atoms with Crippen LogP contribution in [0.3, 0.4) is 0 Å². The minimum absolute atomic E-state index is 0.339. The molecule has 1 aromatic heterocycles. The molecule has 1 aromatic rings. The van der Waals surface area contributed by atoms with Crippen molar-refractivity contribution in [1.82, 2.24) is 4.98 Å². The van der Waals surface area contributed by atoms with E-state index in [1.54, 1.807) is 6.20 Å². The Morgan fingerprint density at radius 1 is 1.47 bits per heavy atom. The van der Waals surface area contributed by atoms with Crippen LogP contribution in [-0.4, -0.2) is 11.0 Å². The quantitative estimate of drug-likeness (QED) is 0.843. The average molecular weight is 231 g/mol. The molecule has 0 radical (unpaired) electrons. The van der Waals surface area contributed by atoms with E-state index in [0.29, 0.717) is 23.3 Å². The lowest BCUT2D eigenvalue weighted by molar-refractivity contribution is 0.483. The molecule has 2 unspecified atom stereocenters. The molecule has 3 heteroatoms. The molecule has 17 heavy (non-hydrogen) atoms. The predicted molar refractivity (Wildman–Crippen MR) is 70.8 cm³/mol. The van der Waals surface area contributed by atoms with Gasteiger partial charge in [-0.2, -0.15) is 5.26 Å². The molecule has 2 atom stereocenters. The molecule has 0 aromatic carbocycles. The summed E-state index contributed by atoms with van der Waals surface area (Å²) in [4.78, 5) is 4.25. The summed E-state index contributed by atoms with van der Waals surface area (Å²) in [5.41, 5.74) is 1.63. The van der Waals surface area contributed by atoms with Crippen molar-refractivity contribution >= 4 is 5.82 Å². The van der Waals surface area contributed by atoms with Gasteiger partial charge in [0.25, 0.3) is 0 Å². The summed E-state index contributed by atoms with van der Waals surface area (Å²) in [5.74, 6) is 1.40. The summed E-state index contributed by atoms with van der Waals surface area (Å²) in [6, 6.07) is 4.41. The molecular formula is C14H21N3. The largest absolute Gasteiger partial charge is 0.367 e. The highest BCUT2D eigenvalue weighted by Crippen LogP contribution is 2.18. The Morgan fingerprint density at radius 3 is 2.76 bits per heavy atom. The lowest BCUT2D eigenvalue weighted by atomic mass is 10.00. The van der Waals surface area contributed by atoms with Gasteiger partial charge in [-0.05, 0) is 37.8 Å². The third-order valence-corrected chi connectivity index (χ3v) is 3.11. The summed E-state index contributed by atoms with van der Waals surface area (Å²) in [5, 5.41) is 12.4. The average Bonchev–Trinajstić information content (AvgIpc) is 2.29. The first-order chi connectivity index (χ1) is 8.08. The van der Waals surface area contributed by atoms with Crippen LogP contribution in [0.2, 0.25) is 0 Å². The third kappa shape index (κ3) is 3.74. The van der Waals surface area contributed by atoms with E-state index in [1.165, 1.54) is 6.42 Å². The summed E-state index contributed by atoms with van der Waals surface area (Å²) in [6.07, 6.45) is 4.02. The fourth-order valence-electron chi connectivity index (χ4n) is 1.87. The SMILES string of the molecule is CCC(C)CC(C)Nc1nccc(C)c1C#N. The minimum Gasteiger partial charge on any atom is -0.367 e. The molecule has 1 N–H and O–H groups in total. The molecule has 3 nitrogen and oxygen atoms in total. The lowest BCUT2D eigenvalue weighted by Gasteiger charge is -2.19. The monoisotopic (exact) mass is 231 g/mol. The van der Waals surface area contributed by atoms with Gasteiger partial charge < -0.3 is 5.32 Å².